The normalized spacial score (nSPS) is 14.2. The molecule has 7 heteroatoms. The summed E-state index contributed by atoms with van der Waals surface area (Å²) in [7, 11) is 1.45. The first kappa shape index (κ1) is 21.8. The molecule has 2 N–H and O–H groups in total. The van der Waals surface area contributed by atoms with Gasteiger partial charge >= 0.3 is 0 Å². The van der Waals surface area contributed by atoms with Gasteiger partial charge in [0.15, 0.2) is 11.6 Å². The average Bonchev–Trinajstić information content (AvgIpc) is 2.88. The van der Waals surface area contributed by atoms with E-state index in [1.807, 2.05) is 36.4 Å². The average molecular weight is 454 g/mol. The molecule has 1 aliphatic rings. The number of fused-ring (bicyclic) bond motifs is 1. The van der Waals surface area contributed by atoms with Crippen LogP contribution in [0.25, 0.3) is 33.3 Å². The Morgan fingerprint density at radius 2 is 1.65 bits per heavy atom. The van der Waals surface area contributed by atoms with E-state index in [0.717, 1.165) is 59.2 Å². The van der Waals surface area contributed by atoms with Crippen LogP contribution in [0.4, 0.5) is 10.3 Å². The molecule has 1 saturated heterocycles. The summed E-state index contributed by atoms with van der Waals surface area (Å²) >= 11 is 0. The zero-order valence-corrected chi connectivity index (χ0v) is 18.8. The van der Waals surface area contributed by atoms with Gasteiger partial charge in [-0.3, -0.25) is 0 Å². The van der Waals surface area contributed by atoms with E-state index in [1.54, 1.807) is 18.2 Å². The standard InChI is InChI=1S/C27H24FN5O/c1-34-25-9-7-20(15-23(25)28)19-6-8-24-22(14-19)26(18-4-2-17(16-29)3-5-18)32-27(31-24)33-12-10-21(30)11-13-33/h2-9,14-15,21H,10-13,30H2,1H3. The number of piperidine rings is 1. The maximum Gasteiger partial charge on any atom is 0.226 e. The van der Waals surface area contributed by atoms with Crippen molar-refractivity contribution in [1.82, 2.24) is 9.97 Å². The van der Waals surface area contributed by atoms with Crippen LogP contribution >= 0.6 is 0 Å². The SMILES string of the molecule is COc1ccc(-c2ccc3nc(N4CCC(N)CC4)nc(-c4ccc(C#N)cc4)c3c2)cc1F. The first-order valence-corrected chi connectivity index (χ1v) is 11.2. The Kier molecular flexibility index (Phi) is 5.83. The fourth-order valence-electron chi connectivity index (χ4n) is 4.31. The highest BCUT2D eigenvalue weighted by Gasteiger charge is 2.21. The second kappa shape index (κ2) is 9.08. The van der Waals surface area contributed by atoms with Crippen molar-refractivity contribution in [3.8, 4) is 34.2 Å². The second-order valence-corrected chi connectivity index (χ2v) is 8.47. The molecule has 0 amide bonds. The van der Waals surface area contributed by atoms with Gasteiger partial charge in [0.1, 0.15) is 0 Å². The van der Waals surface area contributed by atoms with E-state index in [2.05, 4.69) is 11.0 Å². The van der Waals surface area contributed by atoms with Crippen LogP contribution in [0.15, 0.2) is 60.7 Å². The van der Waals surface area contributed by atoms with Crippen molar-refractivity contribution in [3.63, 3.8) is 0 Å². The van der Waals surface area contributed by atoms with Crippen molar-refractivity contribution in [2.24, 2.45) is 5.73 Å². The molecule has 0 saturated carbocycles. The van der Waals surface area contributed by atoms with E-state index < -0.39 is 5.82 Å². The molecular weight excluding hydrogens is 429 g/mol. The lowest BCUT2D eigenvalue weighted by atomic mass is 9.99. The number of rotatable bonds is 4. The Balaban J connectivity index is 1.65. The number of halogens is 1. The molecule has 0 unspecified atom stereocenters. The van der Waals surface area contributed by atoms with E-state index in [-0.39, 0.29) is 11.8 Å². The molecule has 5 rings (SSSR count). The molecule has 4 aromatic rings. The van der Waals surface area contributed by atoms with Crippen molar-refractivity contribution in [2.45, 2.75) is 18.9 Å². The highest BCUT2D eigenvalue weighted by molar-refractivity contribution is 5.96. The molecule has 6 nitrogen and oxygen atoms in total. The summed E-state index contributed by atoms with van der Waals surface area (Å²) in [5, 5.41) is 10.1. The lowest BCUT2D eigenvalue weighted by molar-refractivity contribution is 0.386. The predicted molar refractivity (Wildman–Crippen MR) is 131 cm³/mol. The van der Waals surface area contributed by atoms with Gasteiger partial charge in [-0.15, -0.1) is 0 Å². The number of nitriles is 1. The van der Waals surface area contributed by atoms with Gasteiger partial charge in [-0.25, -0.2) is 14.4 Å². The number of anilines is 1. The van der Waals surface area contributed by atoms with Crippen LogP contribution in [-0.4, -0.2) is 36.2 Å². The van der Waals surface area contributed by atoms with Gasteiger partial charge in [0.05, 0.1) is 30.0 Å². The first-order chi connectivity index (χ1) is 16.6. The number of nitrogens with zero attached hydrogens (tertiary/aromatic N) is 4. The zero-order valence-electron chi connectivity index (χ0n) is 18.8. The van der Waals surface area contributed by atoms with Crippen molar-refractivity contribution >= 4 is 16.9 Å². The maximum absolute atomic E-state index is 14.4. The lowest BCUT2D eigenvalue weighted by Crippen LogP contribution is -2.40. The third-order valence-corrected chi connectivity index (χ3v) is 6.28. The fourth-order valence-corrected chi connectivity index (χ4v) is 4.31. The van der Waals surface area contributed by atoms with Crippen LogP contribution in [-0.2, 0) is 0 Å². The molecule has 0 atom stereocenters. The minimum absolute atomic E-state index is 0.206. The number of hydrogen-bond acceptors (Lipinski definition) is 6. The molecule has 1 fully saturated rings. The molecule has 34 heavy (non-hydrogen) atoms. The minimum atomic E-state index is -0.415. The molecule has 1 aliphatic heterocycles. The quantitative estimate of drug-likeness (QED) is 0.472. The van der Waals surface area contributed by atoms with Gasteiger partial charge in [-0.1, -0.05) is 24.3 Å². The maximum atomic E-state index is 14.4. The van der Waals surface area contributed by atoms with Crippen molar-refractivity contribution < 1.29 is 9.13 Å². The Labute approximate surface area is 197 Å². The van der Waals surface area contributed by atoms with Crippen molar-refractivity contribution in [2.75, 3.05) is 25.1 Å². The Morgan fingerprint density at radius 3 is 2.32 bits per heavy atom. The highest BCUT2D eigenvalue weighted by atomic mass is 19.1. The van der Waals surface area contributed by atoms with E-state index in [0.29, 0.717) is 11.5 Å². The van der Waals surface area contributed by atoms with Gasteiger partial charge in [0, 0.05) is 30.1 Å². The molecule has 0 radical (unpaired) electrons. The molecule has 3 aromatic carbocycles. The molecular formula is C27H24FN5O. The minimum Gasteiger partial charge on any atom is -0.494 e. The van der Waals surface area contributed by atoms with Gasteiger partial charge < -0.3 is 15.4 Å². The number of ether oxygens (including phenoxy) is 1. The topological polar surface area (TPSA) is 88.1 Å². The van der Waals surface area contributed by atoms with Crippen LogP contribution in [0.3, 0.4) is 0 Å². The van der Waals surface area contributed by atoms with Crippen molar-refractivity contribution in [1.29, 1.82) is 5.26 Å². The number of benzene rings is 3. The monoisotopic (exact) mass is 453 g/mol. The summed E-state index contributed by atoms with van der Waals surface area (Å²) in [6, 6.07) is 20.5. The van der Waals surface area contributed by atoms with Crippen LogP contribution < -0.4 is 15.4 Å². The van der Waals surface area contributed by atoms with Gasteiger partial charge in [-0.2, -0.15) is 5.26 Å². The first-order valence-electron chi connectivity index (χ1n) is 11.2. The van der Waals surface area contributed by atoms with Gasteiger partial charge in [0.25, 0.3) is 0 Å². The van der Waals surface area contributed by atoms with Crippen LogP contribution in [0, 0.1) is 17.1 Å². The number of aromatic nitrogens is 2. The smallest absolute Gasteiger partial charge is 0.226 e. The second-order valence-electron chi connectivity index (χ2n) is 8.47. The largest absolute Gasteiger partial charge is 0.494 e. The van der Waals surface area contributed by atoms with E-state index in [9.17, 15) is 9.65 Å². The Bertz CT molecular complexity index is 1390. The lowest BCUT2D eigenvalue weighted by Gasteiger charge is -2.30. The third kappa shape index (κ3) is 4.16. The van der Waals surface area contributed by atoms with Crippen LogP contribution in [0.2, 0.25) is 0 Å². The number of nitrogens with two attached hydrogens (primary N) is 1. The van der Waals surface area contributed by atoms with Crippen LogP contribution in [0.1, 0.15) is 18.4 Å². The number of hydrogen-bond donors (Lipinski definition) is 1. The van der Waals surface area contributed by atoms with E-state index >= 15 is 0 Å². The molecule has 2 heterocycles. The molecule has 0 spiro atoms. The molecule has 1 aromatic heterocycles. The summed E-state index contributed by atoms with van der Waals surface area (Å²) in [6.07, 6.45) is 1.80. The fraction of sp³-hybridized carbons (Fsp3) is 0.222. The van der Waals surface area contributed by atoms with Gasteiger partial charge in [0.2, 0.25) is 5.95 Å². The molecule has 170 valence electrons. The molecule has 0 bridgehead atoms. The molecule has 0 aliphatic carbocycles. The number of methoxy groups -OCH3 is 1. The Hall–Kier alpha value is -4.02. The van der Waals surface area contributed by atoms with Crippen LogP contribution in [0.5, 0.6) is 5.75 Å². The third-order valence-electron chi connectivity index (χ3n) is 6.28. The van der Waals surface area contributed by atoms with Gasteiger partial charge in [-0.05, 0) is 60.4 Å². The summed E-state index contributed by atoms with van der Waals surface area (Å²) in [5.41, 5.74) is 10.7. The summed E-state index contributed by atoms with van der Waals surface area (Å²) in [5.74, 6) is 0.460. The van der Waals surface area contributed by atoms with E-state index in [1.165, 1.54) is 13.2 Å². The summed E-state index contributed by atoms with van der Waals surface area (Å²) < 4.78 is 19.4. The summed E-state index contributed by atoms with van der Waals surface area (Å²) in [4.78, 5) is 12.0. The predicted octanol–water partition coefficient (Wildman–Crippen LogP) is 4.91. The van der Waals surface area contributed by atoms with E-state index in [4.69, 9.17) is 20.4 Å². The zero-order chi connectivity index (χ0) is 23.7. The Morgan fingerprint density at radius 1 is 0.971 bits per heavy atom. The van der Waals surface area contributed by atoms with Crippen molar-refractivity contribution in [3.05, 3.63) is 72.0 Å². The highest BCUT2D eigenvalue weighted by Crippen LogP contribution is 2.33. The summed E-state index contributed by atoms with van der Waals surface area (Å²) in [6.45, 7) is 1.62.